The van der Waals surface area contributed by atoms with Crippen LogP contribution in [0.25, 0.3) is 0 Å². The smallest absolute Gasteiger partial charge is 0.323 e. The molecule has 4 rings (SSSR count). The number of benzene rings is 1. The molecule has 29 heavy (non-hydrogen) atoms. The van der Waals surface area contributed by atoms with E-state index >= 15 is 0 Å². The Kier molecular flexibility index (Phi) is 5.27. The number of imide groups is 1. The van der Waals surface area contributed by atoms with Crippen LogP contribution >= 0.6 is 11.6 Å². The summed E-state index contributed by atoms with van der Waals surface area (Å²) in [5.74, 6) is 0.0609. The Morgan fingerprint density at radius 3 is 2.62 bits per heavy atom. The van der Waals surface area contributed by atoms with Crippen molar-refractivity contribution in [1.82, 2.24) is 20.0 Å². The molecule has 1 saturated heterocycles. The van der Waals surface area contributed by atoms with E-state index in [1.807, 2.05) is 12.1 Å². The highest BCUT2D eigenvalue weighted by Crippen LogP contribution is 2.35. The second-order valence-electron chi connectivity index (χ2n) is 7.47. The van der Waals surface area contributed by atoms with Gasteiger partial charge in [-0.25, -0.2) is 9.48 Å². The molecule has 0 radical (unpaired) electrons. The van der Waals surface area contributed by atoms with Crippen molar-refractivity contribution in [2.75, 3.05) is 11.9 Å². The molecule has 9 heteroatoms. The molecular formula is C20H22ClN5O3. The lowest BCUT2D eigenvalue weighted by molar-refractivity contribution is -0.131. The van der Waals surface area contributed by atoms with E-state index in [1.54, 1.807) is 29.1 Å². The van der Waals surface area contributed by atoms with Crippen LogP contribution in [0, 0.1) is 0 Å². The molecule has 8 nitrogen and oxygen atoms in total. The summed E-state index contributed by atoms with van der Waals surface area (Å²) in [6.07, 6.45) is 4.83. The fourth-order valence-electron chi connectivity index (χ4n) is 3.94. The summed E-state index contributed by atoms with van der Waals surface area (Å²) in [6, 6.07) is 8.69. The van der Waals surface area contributed by atoms with Crippen LogP contribution in [0.1, 0.15) is 37.7 Å². The van der Waals surface area contributed by atoms with Gasteiger partial charge < -0.3 is 10.6 Å². The van der Waals surface area contributed by atoms with Gasteiger partial charge in [0.15, 0.2) is 0 Å². The Balaban J connectivity index is 1.34. The van der Waals surface area contributed by atoms with Gasteiger partial charge in [0.25, 0.3) is 5.91 Å². The number of rotatable bonds is 6. The average Bonchev–Trinajstić information content (AvgIpc) is 3.39. The summed E-state index contributed by atoms with van der Waals surface area (Å²) in [6.45, 7) is 0.541. The fraction of sp³-hybridized carbons (Fsp3) is 0.400. The van der Waals surface area contributed by atoms with Crippen LogP contribution in [-0.4, -0.2) is 44.6 Å². The van der Waals surface area contributed by atoms with Crippen molar-refractivity contribution in [3.05, 3.63) is 47.1 Å². The van der Waals surface area contributed by atoms with E-state index in [2.05, 4.69) is 15.7 Å². The molecule has 1 aromatic carbocycles. The zero-order chi connectivity index (χ0) is 20.4. The van der Waals surface area contributed by atoms with Crippen molar-refractivity contribution in [3.8, 4) is 0 Å². The monoisotopic (exact) mass is 415 g/mol. The standard InChI is InChI=1S/C20H22ClN5O3/c21-15-5-3-14(4-6-15)13-26-16(7-11-22-26)23-17(27)8-12-25-18(28)20(24-19(25)29)9-1-2-10-20/h3-7,11H,1-2,8-10,12-13H2,(H,23,27)(H,24,29). The van der Waals surface area contributed by atoms with Crippen LogP contribution in [0.15, 0.2) is 36.5 Å². The molecule has 152 valence electrons. The van der Waals surface area contributed by atoms with E-state index in [4.69, 9.17) is 11.6 Å². The number of hydrogen-bond acceptors (Lipinski definition) is 4. The van der Waals surface area contributed by atoms with Gasteiger partial charge in [-0.2, -0.15) is 5.10 Å². The van der Waals surface area contributed by atoms with Gasteiger partial charge in [-0.1, -0.05) is 36.6 Å². The second-order valence-corrected chi connectivity index (χ2v) is 7.91. The summed E-state index contributed by atoms with van der Waals surface area (Å²) in [4.78, 5) is 38.4. The molecule has 2 fully saturated rings. The molecule has 1 aliphatic carbocycles. The molecule has 2 heterocycles. The normalized spacial score (nSPS) is 17.8. The molecule has 4 amide bonds. The van der Waals surface area contributed by atoms with Gasteiger partial charge in [0.1, 0.15) is 11.4 Å². The maximum absolute atomic E-state index is 12.6. The molecule has 1 saturated carbocycles. The van der Waals surface area contributed by atoms with Gasteiger partial charge in [-0.3, -0.25) is 14.5 Å². The third kappa shape index (κ3) is 3.98. The number of anilines is 1. The molecule has 2 aliphatic rings. The van der Waals surface area contributed by atoms with Crippen molar-refractivity contribution in [2.24, 2.45) is 0 Å². The summed E-state index contributed by atoms with van der Waals surface area (Å²) in [5.41, 5.74) is 0.250. The van der Waals surface area contributed by atoms with Crippen LogP contribution in [0.2, 0.25) is 5.02 Å². The summed E-state index contributed by atoms with van der Waals surface area (Å²) < 4.78 is 1.67. The van der Waals surface area contributed by atoms with Crippen molar-refractivity contribution >= 4 is 35.3 Å². The number of urea groups is 1. The van der Waals surface area contributed by atoms with E-state index in [-0.39, 0.29) is 24.8 Å². The summed E-state index contributed by atoms with van der Waals surface area (Å²) in [7, 11) is 0. The van der Waals surface area contributed by atoms with Crippen molar-refractivity contribution in [2.45, 2.75) is 44.2 Å². The number of aromatic nitrogens is 2. The number of amides is 4. The first kappa shape index (κ1) is 19.4. The van der Waals surface area contributed by atoms with Crippen molar-refractivity contribution < 1.29 is 14.4 Å². The molecule has 0 bridgehead atoms. The third-order valence-electron chi connectivity index (χ3n) is 5.50. The van der Waals surface area contributed by atoms with Crippen LogP contribution in [0.5, 0.6) is 0 Å². The summed E-state index contributed by atoms with van der Waals surface area (Å²) >= 11 is 5.91. The van der Waals surface area contributed by atoms with Gasteiger partial charge in [0.2, 0.25) is 5.91 Å². The van der Waals surface area contributed by atoms with Crippen molar-refractivity contribution in [3.63, 3.8) is 0 Å². The Labute approximate surface area is 173 Å². The van der Waals surface area contributed by atoms with Gasteiger partial charge in [0.05, 0.1) is 12.7 Å². The second kappa shape index (κ2) is 7.87. The largest absolute Gasteiger partial charge is 0.325 e. The van der Waals surface area contributed by atoms with E-state index < -0.39 is 11.6 Å². The number of carbonyl (C=O) groups excluding carboxylic acids is 3. The van der Waals surface area contributed by atoms with Gasteiger partial charge in [-0.15, -0.1) is 0 Å². The fourth-order valence-corrected chi connectivity index (χ4v) is 4.07. The average molecular weight is 416 g/mol. The van der Waals surface area contributed by atoms with E-state index in [0.29, 0.717) is 30.2 Å². The molecule has 2 N–H and O–H groups in total. The first-order valence-corrected chi connectivity index (χ1v) is 10.0. The van der Waals surface area contributed by atoms with Crippen LogP contribution in [0.4, 0.5) is 10.6 Å². The third-order valence-corrected chi connectivity index (χ3v) is 5.75. The molecule has 0 atom stereocenters. The quantitative estimate of drug-likeness (QED) is 0.709. The highest BCUT2D eigenvalue weighted by molar-refractivity contribution is 6.30. The highest BCUT2D eigenvalue weighted by Gasteiger charge is 2.52. The minimum atomic E-state index is -0.745. The van der Waals surface area contributed by atoms with Crippen LogP contribution in [0.3, 0.4) is 0 Å². The number of hydrogen-bond donors (Lipinski definition) is 2. The predicted octanol–water partition coefficient (Wildman–Crippen LogP) is 2.78. The molecule has 0 unspecified atom stereocenters. The lowest BCUT2D eigenvalue weighted by Gasteiger charge is -2.19. The zero-order valence-electron chi connectivity index (χ0n) is 15.9. The minimum absolute atomic E-state index is 0.0291. The summed E-state index contributed by atoms with van der Waals surface area (Å²) in [5, 5.41) is 10.5. The van der Waals surface area contributed by atoms with E-state index in [0.717, 1.165) is 23.3 Å². The maximum atomic E-state index is 12.6. The van der Waals surface area contributed by atoms with Crippen LogP contribution in [-0.2, 0) is 16.1 Å². The Morgan fingerprint density at radius 1 is 1.17 bits per heavy atom. The SMILES string of the molecule is O=C(CCN1C(=O)NC2(CCCC2)C1=O)Nc1ccnn1Cc1ccc(Cl)cc1. The van der Waals surface area contributed by atoms with Crippen molar-refractivity contribution in [1.29, 1.82) is 0 Å². The van der Waals surface area contributed by atoms with Gasteiger partial charge in [0, 0.05) is 24.1 Å². The Bertz CT molecular complexity index is 934. The molecule has 2 aromatic rings. The number of nitrogens with zero attached hydrogens (tertiary/aromatic N) is 3. The Hall–Kier alpha value is -2.87. The number of nitrogens with one attached hydrogen (secondary N) is 2. The number of carbonyl (C=O) groups is 3. The van der Waals surface area contributed by atoms with E-state index in [9.17, 15) is 14.4 Å². The van der Waals surface area contributed by atoms with Crippen LogP contribution < -0.4 is 10.6 Å². The Morgan fingerprint density at radius 2 is 1.90 bits per heavy atom. The van der Waals surface area contributed by atoms with Gasteiger partial charge >= 0.3 is 6.03 Å². The predicted molar refractivity (Wildman–Crippen MR) is 107 cm³/mol. The molecule has 1 spiro atoms. The molecular weight excluding hydrogens is 394 g/mol. The first-order chi connectivity index (χ1) is 14.0. The number of halogens is 1. The molecule has 1 aliphatic heterocycles. The first-order valence-electron chi connectivity index (χ1n) is 9.67. The lowest BCUT2D eigenvalue weighted by Crippen LogP contribution is -2.44. The minimum Gasteiger partial charge on any atom is -0.323 e. The lowest BCUT2D eigenvalue weighted by atomic mass is 9.98. The van der Waals surface area contributed by atoms with Gasteiger partial charge in [-0.05, 0) is 30.5 Å². The topological polar surface area (TPSA) is 96.3 Å². The maximum Gasteiger partial charge on any atom is 0.325 e. The molecule has 1 aromatic heterocycles. The van der Waals surface area contributed by atoms with E-state index in [1.165, 1.54) is 0 Å². The zero-order valence-corrected chi connectivity index (χ0v) is 16.6. The highest BCUT2D eigenvalue weighted by atomic mass is 35.5.